The van der Waals surface area contributed by atoms with E-state index in [9.17, 15) is 14.4 Å². The average molecular weight is 460 g/mol. The highest BCUT2D eigenvalue weighted by Crippen LogP contribution is 2.26. The molecule has 2 aromatic rings. The molecule has 0 aromatic heterocycles. The van der Waals surface area contributed by atoms with Crippen molar-refractivity contribution < 1.29 is 19.1 Å². The van der Waals surface area contributed by atoms with Gasteiger partial charge in [0.05, 0.1) is 11.1 Å². The molecule has 2 aromatic carbocycles. The Morgan fingerprint density at radius 2 is 1.79 bits per heavy atom. The summed E-state index contributed by atoms with van der Waals surface area (Å²) in [5.41, 5.74) is 2.24. The number of carbonyl (C=O) groups excluding carboxylic acids is 3. The average Bonchev–Trinajstić information content (AvgIpc) is 2.94. The second kappa shape index (κ2) is 9.67. The largest absolute Gasteiger partial charge is 0.385 e. The number of urea groups is 1. The van der Waals surface area contributed by atoms with Gasteiger partial charge in [-0.1, -0.05) is 28.1 Å². The molecule has 8 heteroatoms. The molecule has 0 bridgehead atoms. The first-order valence-corrected chi connectivity index (χ1v) is 10.1. The van der Waals surface area contributed by atoms with Crippen molar-refractivity contribution in [1.29, 1.82) is 0 Å². The van der Waals surface area contributed by atoms with Crippen LogP contribution in [0.1, 0.15) is 32.7 Å². The van der Waals surface area contributed by atoms with Crippen LogP contribution >= 0.6 is 15.9 Å². The molecule has 0 saturated carbocycles. The maximum atomic E-state index is 12.5. The van der Waals surface area contributed by atoms with Crippen LogP contribution in [-0.4, -0.2) is 49.6 Å². The zero-order valence-electron chi connectivity index (χ0n) is 16.0. The van der Waals surface area contributed by atoms with Crippen LogP contribution in [-0.2, 0) is 11.2 Å². The number of nitrogens with zero attached hydrogens (tertiary/aromatic N) is 1. The van der Waals surface area contributed by atoms with E-state index in [1.54, 1.807) is 25.3 Å². The van der Waals surface area contributed by atoms with Crippen molar-refractivity contribution in [2.75, 3.05) is 32.1 Å². The lowest BCUT2D eigenvalue weighted by Gasteiger charge is -2.12. The van der Waals surface area contributed by atoms with E-state index >= 15 is 0 Å². The van der Waals surface area contributed by atoms with Gasteiger partial charge in [-0.3, -0.25) is 14.5 Å². The van der Waals surface area contributed by atoms with Gasteiger partial charge in [0, 0.05) is 37.0 Å². The van der Waals surface area contributed by atoms with Gasteiger partial charge in [0.2, 0.25) is 0 Å². The summed E-state index contributed by atoms with van der Waals surface area (Å²) in [5.74, 6) is -0.660. The van der Waals surface area contributed by atoms with Crippen molar-refractivity contribution in [3.05, 3.63) is 63.6 Å². The summed E-state index contributed by atoms with van der Waals surface area (Å²) in [6.45, 7) is 1.25. The number of anilines is 1. The highest BCUT2D eigenvalue weighted by atomic mass is 79.9. The summed E-state index contributed by atoms with van der Waals surface area (Å²) in [7, 11) is 1.57. The molecule has 7 nitrogen and oxygen atoms in total. The third-order valence-corrected chi connectivity index (χ3v) is 5.10. The van der Waals surface area contributed by atoms with Gasteiger partial charge in [-0.05, 0) is 48.7 Å². The van der Waals surface area contributed by atoms with E-state index in [2.05, 4.69) is 26.6 Å². The van der Waals surface area contributed by atoms with Gasteiger partial charge >= 0.3 is 6.03 Å². The van der Waals surface area contributed by atoms with E-state index in [1.165, 1.54) is 4.90 Å². The van der Waals surface area contributed by atoms with Gasteiger partial charge in [0.1, 0.15) is 0 Å². The summed E-state index contributed by atoms with van der Waals surface area (Å²) in [5, 5.41) is 5.50. The molecule has 0 unspecified atom stereocenters. The first-order chi connectivity index (χ1) is 14.0. The fourth-order valence-corrected chi connectivity index (χ4v) is 3.35. The number of fused-ring (bicyclic) bond motifs is 1. The van der Waals surface area contributed by atoms with Crippen molar-refractivity contribution in [3.63, 3.8) is 0 Å². The number of rotatable bonds is 8. The minimum atomic E-state index is -0.365. The maximum absolute atomic E-state index is 12.5. The van der Waals surface area contributed by atoms with Gasteiger partial charge in [-0.2, -0.15) is 0 Å². The molecule has 0 radical (unpaired) electrons. The lowest BCUT2D eigenvalue weighted by molar-refractivity contribution is 0.0638. The maximum Gasteiger partial charge on any atom is 0.319 e. The molecule has 2 N–H and O–H groups in total. The Kier molecular flexibility index (Phi) is 7.00. The van der Waals surface area contributed by atoms with E-state index in [0.29, 0.717) is 49.4 Å². The van der Waals surface area contributed by atoms with Gasteiger partial charge in [0.25, 0.3) is 11.8 Å². The number of amides is 4. The molecule has 0 aliphatic carbocycles. The first-order valence-electron chi connectivity index (χ1n) is 9.28. The number of benzene rings is 2. The zero-order valence-corrected chi connectivity index (χ0v) is 17.6. The van der Waals surface area contributed by atoms with E-state index in [1.807, 2.05) is 24.3 Å². The number of ether oxygens (including phenoxy) is 1. The SMILES string of the molecule is COCCCN1C(=O)c2ccc(NC(=O)NCCc3ccc(Br)cc3)cc2C1=O. The number of halogens is 1. The summed E-state index contributed by atoms with van der Waals surface area (Å²) in [6.07, 6.45) is 1.28. The van der Waals surface area contributed by atoms with Gasteiger partial charge in [0.15, 0.2) is 0 Å². The molecular weight excluding hydrogens is 438 g/mol. The third-order valence-electron chi connectivity index (χ3n) is 4.57. The van der Waals surface area contributed by atoms with Crippen molar-refractivity contribution in [3.8, 4) is 0 Å². The van der Waals surface area contributed by atoms with E-state index in [-0.39, 0.29) is 17.8 Å². The zero-order chi connectivity index (χ0) is 20.8. The Bertz CT molecular complexity index is 915. The minimum absolute atomic E-state index is 0.305. The molecule has 1 aliphatic heterocycles. The van der Waals surface area contributed by atoms with Gasteiger partial charge in [-0.25, -0.2) is 4.79 Å². The molecule has 3 rings (SSSR count). The van der Waals surface area contributed by atoms with Crippen molar-refractivity contribution >= 4 is 39.5 Å². The van der Waals surface area contributed by atoms with Crippen LogP contribution < -0.4 is 10.6 Å². The Morgan fingerprint density at radius 1 is 1.07 bits per heavy atom. The molecule has 29 heavy (non-hydrogen) atoms. The number of carbonyl (C=O) groups is 3. The summed E-state index contributed by atoms with van der Waals surface area (Å²) in [6, 6.07) is 12.3. The normalized spacial score (nSPS) is 12.8. The fourth-order valence-electron chi connectivity index (χ4n) is 3.09. The van der Waals surface area contributed by atoms with E-state index < -0.39 is 0 Å². The molecule has 4 amide bonds. The molecular formula is C21H22BrN3O4. The predicted octanol–water partition coefficient (Wildman–Crippen LogP) is 3.45. The van der Waals surface area contributed by atoms with E-state index in [4.69, 9.17) is 4.74 Å². The van der Waals surface area contributed by atoms with E-state index in [0.717, 1.165) is 10.0 Å². The quantitative estimate of drug-likeness (QED) is 0.467. The van der Waals surface area contributed by atoms with Crippen LogP contribution in [0.5, 0.6) is 0 Å². The Morgan fingerprint density at radius 3 is 2.52 bits per heavy atom. The highest BCUT2D eigenvalue weighted by molar-refractivity contribution is 9.10. The van der Waals surface area contributed by atoms with Crippen LogP contribution in [0.3, 0.4) is 0 Å². The second-order valence-corrected chi connectivity index (χ2v) is 7.54. The number of imide groups is 1. The second-order valence-electron chi connectivity index (χ2n) is 6.63. The smallest absolute Gasteiger partial charge is 0.319 e. The molecule has 0 saturated heterocycles. The van der Waals surface area contributed by atoms with Crippen molar-refractivity contribution in [2.45, 2.75) is 12.8 Å². The van der Waals surface area contributed by atoms with Crippen molar-refractivity contribution in [1.82, 2.24) is 10.2 Å². The Labute approximate surface area is 177 Å². The van der Waals surface area contributed by atoms with Crippen LogP contribution in [0, 0.1) is 0 Å². The summed E-state index contributed by atoms with van der Waals surface area (Å²) >= 11 is 3.39. The Balaban J connectivity index is 1.55. The van der Waals surface area contributed by atoms with Crippen LogP contribution in [0.25, 0.3) is 0 Å². The molecule has 152 valence electrons. The predicted molar refractivity (Wildman–Crippen MR) is 113 cm³/mol. The number of methoxy groups -OCH3 is 1. The van der Waals surface area contributed by atoms with Crippen LogP contribution in [0.2, 0.25) is 0 Å². The first kappa shape index (κ1) is 21.0. The minimum Gasteiger partial charge on any atom is -0.385 e. The molecule has 0 spiro atoms. The monoisotopic (exact) mass is 459 g/mol. The fraction of sp³-hybridized carbons (Fsp3) is 0.286. The van der Waals surface area contributed by atoms with Gasteiger partial charge in [-0.15, -0.1) is 0 Å². The van der Waals surface area contributed by atoms with Crippen LogP contribution in [0.4, 0.5) is 10.5 Å². The van der Waals surface area contributed by atoms with Crippen molar-refractivity contribution in [2.24, 2.45) is 0 Å². The summed E-state index contributed by atoms with van der Waals surface area (Å²) in [4.78, 5) is 38.3. The third kappa shape index (κ3) is 5.21. The molecule has 1 aliphatic rings. The Hall–Kier alpha value is -2.71. The molecule has 1 heterocycles. The number of hydrogen-bond acceptors (Lipinski definition) is 4. The number of hydrogen-bond donors (Lipinski definition) is 2. The highest BCUT2D eigenvalue weighted by Gasteiger charge is 2.35. The van der Waals surface area contributed by atoms with Crippen LogP contribution in [0.15, 0.2) is 46.9 Å². The summed E-state index contributed by atoms with van der Waals surface area (Å²) < 4.78 is 5.98. The molecule has 0 atom stereocenters. The number of nitrogens with one attached hydrogen (secondary N) is 2. The lowest BCUT2D eigenvalue weighted by atomic mass is 10.1. The lowest BCUT2D eigenvalue weighted by Crippen LogP contribution is -2.31. The van der Waals surface area contributed by atoms with Gasteiger partial charge < -0.3 is 15.4 Å². The molecule has 0 fully saturated rings. The topological polar surface area (TPSA) is 87.7 Å². The standard InChI is InChI=1S/C21H22BrN3O4/c1-29-12-2-11-25-19(26)17-8-7-16(13-18(17)20(25)27)24-21(28)23-10-9-14-3-5-15(22)6-4-14/h3-8,13H,2,9-12H2,1H3,(H2,23,24,28).